The fraction of sp³-hybridized carbons (Fsp3) is 0.538. The van der Waals surface area contributed by atoms with Crippen molar-refractivity contribution in [2.75, 3.05) is 11.5 Å². The van der Waals surface area contributed by atoms with Crippen LogP contribution in [0, 0.1) is 0 Å². The predicted molar refractivity (Wildman–Crippen MR) is 85.6 cm³/mol. The van der Waals surface area contributed by atoms with Gasteiger partial charge in [-0.3, -0.25) is 0 Å². The van der Waals surface area contributed by atoms with E-state index in [4.69, 9.17) is 23.2 Å². The van der Waals surface area contributed by atoms with Crippen molar-refractivity contribution in [1.29, 1.82) is 0 Å². The molecule has 22 heavy (non-hydrogen) atoms. The van der Waals surface area contributed by atoms with Gasteiger partial charge in [0.05, 0.1) is 21.6 Å². The van der Waals surface area contributed by atoms with Crippen LogP contribution in [0.3, 0.4) is 0 Å². The topological polar surface area (TPSA) is 71.5 Å². The average Bonchev–Trinajstić information content (AvgIpc) is 3.13. The first-order valence-electron chi connectivity index (χ1n) is 6.90. The quantitative estimate of drug-likeness (QED) is 0.799. The van der Waals surface area contributed by atoms with Crippen molar-refractivity contribution in [3.05, 3.63) is 28.2 Å². The Bertz CT molecular complexity index is 783. The normalized spacial score (nSPS) is 24.8. The highest BCUT2D eigenvalue weighted by atomic mass is 35.5. The van der Waals surface area contributed by atoms with E-state index in [1.165, 1.54) is 16.4 Å². The van der Waals surface area contributed by atoms with Gasteiger partial charge >= 0.3 is 0 Å². The molecule has 1 aliphatic heterocycles. The van der Waals surface area contributed by atoms with Gasteiger partial charge < -0.3 is 0 Å². The van der Waals surface area contributed by atoms with E-state index in [1.54, 1.807) is 6.07 Å². The molecule has 9 heteroatoms. The first kappa shape index (κ1) is 16.5. The van der Waals surface area contributed by atoms with Gasteiger partial charge in [-0.25, -0.2) is 16.8 Å². The van der Waals surface area contributed by atoms with Gasteiger partial charge in [0.1, 0.15) is 4.90 Å². The summed E-state index contributed by atoms with van der Waals surface area (Å²) in [5, 5.41) is 0.109. The highest BCUT2D eigenvalue weighted by molar-refractivity contribution is 7.92. The lowest BCUT2D eigenvalue weighted by atomic mass is 10.2. The minimum absolute atomic E-state index is 0.0205. The van der Waals surface area contributed by atoms with Crippen LogP contribution in [0.25, 0.3) is 0 Å². The molecule has 0 radical (unpaired) electrons. The van der Waals surface area contributed by atoms with Gasteiger partial charge in [-0.15, -0.1) is 0 Å². The molecular weight excluding hydrogens is 369 g/mol. The largest absolute Gasteiger partial charge is 0.246 e. The number of sulfone groups is 1. The Balaban J connectivity index is 2.05. The second-order valence-electron chi connectivity index (χ2n) is 5.67. The smallest absolute Gasteiger partial charge is 0.229 e. The van der Waals surface area contributed by atoms with Crippen LogP contribution in [-0.4, -0.2) is 44.7 Å². The summed E-state index contributed by atoms with van der Waals surface area (Å²) in [5.41, 5.74) is 0. The van der Waals surface area contributed by atoms with Crippen molar-refractivity contribution >= 4 is 43.1 Å². The van der Waals surface area contributed by atoms with E-state index in [2.05, 4.69) is 0 Å². The average molecular weight is 384 g/mol. The lowest BCUT2D eigenvalue weighted by Crippen LogP contribution is -2.42. The van der Waals surface area contributed by atoms with Crippen LogP contribution >= 0.6 is 23.2 Å². The number of sulfonamides is 1. The molecule has 0 spiro atoms. The van der Waals surface area contributed by atoms with Gasteiger partial charge in [-0.1, -0.05) is 29.3 Å². The van der Waals surface area contributed by atoms with Gasteiger partial charge in [-0.2, -0.15) is 4.31 Å². The standard InChI is InChI=1S/C13H15Cl2NO4S2/c14-11-2-1-3-12(15)13(11)22(19,20)16(9-4-5-9)10-6-7-21(17,18)8-10/h1-3,9-10H,4-8H2. The summed E-state index contributed by atoms with van der Waals surface area (Å²) in [6.07, 6.45) is 1.79. The third-order valence-corrected chi connectivity index (χ3v) is 8.64. The number of rotatable bonds is 4. The molecule has 1 unspecified atom stereocenters. The Labute approximate surface area is 140 Å². The summed E-state index contributed by atoms with van der Waals surface area (Å²) >= 11 is 12.1. The fourth-order valence-electron chi connectivity index (χ4n) is 2.83. The van der Waals surface area contributed by atoms with E-state index < -0.39 is 25.9 Å². The fourth-order valence-corrected chi connectivity index (χ4v) is 7.63. The summed E-state index contributed by atoms with van der Waals surface area (Å²) < 4.78 is 50.8. The predicted octanol–water partition coefficient (Wildman–Crippen LogP) is 2.33. The van der Waals surface area contributed by atoms with Crippen LogP contribution in [0.5, 0.6) is 0 Å². The number of nitrogens with zero attached hydrogens (tertiary/aromatic N) is 1. The Morgan fingerprint density at radius 3 is 2.09 bits per heavy atom. The van der Waals surface area contributed by atoms with Crippen molar-refractivity contribution in [2.24, 2.45) is 0 Å². The third-order valence-electron chi connectivity index (χ3n) is 3.93. The SMILES string of the molecule is O=S1(=O)CCC(N(C2CC2)S(=O)(=O)c2c(Cl)cccc2Cl)C1. The zero-order valence-electron chi connectivity index (χ0n) is 11.6. The molecule has 0 N–H and O–H groups in total. The highest BCUT2D eigenvalue weighted by Crippen LogP contribution is 2.40. The first-order chi connectivity index (χ1) is 10.2. The second-order valence-corrected chi connectivity index (χ2v) is 10.5. The number of hydrogen-bond donors (Lipinski definition) is 0. The first-order valence-corrected chi connectivity index (χ1v) is 10.9. The molecule has 1 aliphatic carbocycles. The molecule has 1 aromatic rings. The Morgan fingerprint density at radius 2 is 1.64 bits per heavy atom. The Hall–Kier alpha value is -0.340. The Morgan fingerprint density at radius 1 is 1.05 bits per heavy atom. The molecule has 2 fully saturated rings. The molecule has 3 rings (SSSR count). The molecule has 122 valence electrons. The Kier molecular flexibility index (Phi) is 4.23. The molecule has 1 atom stereocenters. The van der Waals surface area contributed by atoms with Crippen LogP contribution in [-0.2, 0) is 19.9 Å². The monoisotopic (exact) mass is 383 g/mol. The zero-order chi connectivity index (χ0) is 16.1. The summed E-state index contributed by atoms with van der Waals surface area (Å²) in [7, 11) is -7.11. The van der Waals surface area contributed by atoms with Gasteiger partial charge in [-0.05, 0) is 31.4 Å². The molecule has 1 heterocycles. The summed E-state index contributed by atoms with van der Waals surface area (Å²) in [6.45, 7) is 0. The molecule has 2 aliphatic rings. The van der Waals surface area contributed by atoms with E-state index in [0.29, 0.717) is 6.42 Å². The van der Waals surface area contributed by atoms with E-state index in [1.807, 2.05) is 0 Å². The number of benzene rings is 1. The molecule has 1 saturated heterocycles. The van der Waals surface area contributed by atoms with Crippen molar-refractivity contribution in [2.45, 2.75) is 36.2 Å². The maximum Gasteiger partial charge on any atom is 0.246 e. The van der Waals surface area contributed by atoms with Crippen LogP contribution in [0.1, 0.15) is 19.3 Å². The van der Waals surface area contributed by atoms with Crippen LogP contribution < -0.4 is 0 Å². The maximum absolute atomic E-state index is 13.0. The number of halogens is 2. The minimum atomic E-state index is -3.93. The van der Waals surface area contributed by atoms with Crippen molar-refractivity contribution in [3.8, 4) is 0 Å². The van der Waals surface area contributed by atoms with Gasteiger partial charge in [0.25, 0.3) is 0 Å². The van der Waals surface area contributed by atoms with E-state index >= 15 is 0 Å². The molecule has 0 bridgehead atoms. The van der Waals surface area contributed by atoms with Gasteiger partial charge in [0.15, 0.2) is 9.84 Å². The lowest BCUT2D eigenvalue weighted by molar-refractivity contribution is 0.332. The van der Waals surface area contributed by atoms with E-state index in [0.717, 1.165) is 12.8 Å². The lowest BCUT2D eigenvalue weighted by Gasteiger charge is -2.28. The summed E-state index contributed by atoms with van der Waals surface area (Å²) in [5.74, 6) is -0.114. The number of hydrogen-bond acceptors (Lipinski definition) is 4. The van der Waals surface area contributed by atoms with Crippen molar-refractivity contribution in [1.82, 2.24) is 4.31 Å². The van der Waals surface area contributed by atoms with Crippen LogP contribution in [0.15, 0.2) is 23.1 Å². The molecule has 1 saturated carbocycles. The minimum Gasteiger partial charge on any atom is -0.229 e. The molecule has 5 nitrogen and oxygen atoms in total. The zero-order valence-corrected chi connectivity index (χ0v) is 14.7. The molecular formula is C13H15Cl2NO4S2. The van der Waals surface area contributed by atoms with E-state index in [9.17, 15) is 16.8 Å². The second kappa shape index (κ2) is 5.63. The van der Waals surface area contributed by atoms with E-state index in [-0.39, 0.29) is 32.5 Å². The summed E-state index contributed by atoms with van der Waals surface area (Å²) in [6, 6.07) is 3.82. The maximum atomic E-state index is 13.0. The summed E-state index contributed by atoms with van der Waals surface area (Å²) in [4.78, 5) is -0.130. The molecule has 1 aromatic carbocycles. The molecule has 0 amide bonds. The highest BCUT2D eigenvalue weighted by Gasteiger charge is 2.47. The van der Waals surface area contributed by atoms with Gasteiger partial charge in [0.2, 0.25) is 10.0 Å². The van der Waals surface area contributed by atoms with Crippen molar-refractivity contribution < 1.29 is 16.8 Å². The van der Waals surface area contributed by atoms with Gasteiger partial charge in [0, 0.05) is 12.1 Å². The molecule has 0 aromatic heterocycles. The van der Waals surface area contributed by atoms with Crippen LogP contribution in [0.2, 0.25) is 10.0 Å². The van der Waals surface area contributed by atoms with Crippen LogP contribution in [0.4, 0.5) is 0 Å². The third kappa shape index (κ3) is 3.01. The van der Waals surface area contributed by atoms with Crippen molar-refractivity contribution in [3.63, 3.8) is 0 Å².